The molecular weight excluding hydrogens is 388 g/mol. The van der Waals surface area contributed by atoms with Crippen molar-refractivity contribution >= 4 is 35.8 Å². The maximum absolute atomic E-state index is 5.90. The molecule has 0 aliphatic rings. The van der Waals surface area contributed by atoms with Crippen molar-refractivity contribution in [1.29, 1.82) is 0 Å². The van der Waals surface area contributed by atoms with E-state index < -0.39 is 8.07 Å². The normalized spacial score (nSPS) is 11.9. The first-order valence-corrected chi connectivity index (χ1v) is 13.5. The Kier molecular flexibility index (Phi) is 6.54. The van der Waals surface area contributed by atoms with Crippen molar-refractivity contribution in [1.82, 2.24) is 9.55 Å². The molecule has 1 aromatic heterocycles. The molecule has 0 fully saturated rings. The summed E-state index contributed by atoms with van der Waals surface area (Å²) in [4.78, 5) is 4.76. The Balaban J connectivity index is 2.15. The lowest BCUT2D eigenvalue weighted by Gasteiger charge is -2.16. The Morgan fingerprint density at radius 3 is 2.43 bits per heavy atom. The van der Waals surface area contributed by atoms with E-state index in [0.717, 1.165) is 27.6 Å². The first-order valence-electron chi connectivity index (χ1n) is 7.76. The van der Waals surface area contributed by atoms with Crippen LogP contribution < -0.4 is 0 Å². The lowest BCUT2D eigenvalue weighted by Crippen LogP contribution is -2.22. The van der Waals surface area contributed by atoms with Gasteiger partial charge in [0, 0.05) is 20.2 Å². The third-order valence-corrected chi connectivity index (χ3v) is 6.78. The van der Waals surface area contributed by atoms with Gasteiger partial charge in [0.05, 0.1) is 0 Å². The van der Waals surface area contributed by atoms with Gasteiger partial charge in [0.15, 0.2) is 5.16 Å². The smallest absolute Gasteiger partial charge is 0.171 e. The molecule has 2 aromatic rings. The molecule has 0 atom stereocenters. The molecule has 0 aliphatic heterocycles. The SMILES string of the molecule is CSc1nc(-c2ccc(C)cc2)c(Br)n1COCC[Si](C)(C)C. The molecule has 2 rings (SSSR count). The van der Waals surface area contributed by atoms with Crippen LogP contribution in [-0.2, 0) is 11.5 Å². The molecule has 23 heavy (non-hydrogen) atoms. The molecule has 0 amide bonds. The standard InChI is InChI=1S/C17H25BrN2OSSi/c1-13-6-8-14(9-7-13)15-16(18)20(17(19-15)22-2)12-21-10-11-23(3,4)5/h6-9H,10-12H2,1-5H3. The van der Waals surface area contributed by atoms with Gasteiger partial charge in [-0.25, -0.2) is 4.98 Å². The predicted molar refractivity (Wildman–Crippen MR) is 106 cm³/mol. The fourth-order valence-electron chi connectivity index (χ4n) is 2.11. The van der Waals surface area contributed by atoms with E-state index in [-0.39, 0.29) is 0 Å². The van der Waals surface area contributed by atoms with Crippen LogP contribution in [0, 0.1) is 6.92 Å². The maximum Gasteiger partial charge on any atom is 0.171 e. The van der Waals surface area contributed by atoms with Crippen LogP contribution in [0.2, 0.25) is 25.7 Å². The number of aryl methyl sites for hydroxylation is 1. The van der Waals surface area contributed by atoms with E-state index in [0.29, 0.717) is 6.73 Å². The van der Waals surface area contributed by atoms with Gasteiger partial charge in [-0.3, -0.25) is 4.57 Å². The summed E-state index contributed by atoms with van der Waals surface area (Å²) >= 11 is 5.35. The van der Waals surface area contributed by atoms with E-state index in [1.54, 1.807) is 11.8 Å². The first-order chi connectivity index (χ1) is 10.8. The summed E-state index contributed by atoms with van der Waals surface area (Å²) in [7, 11) is -1.05. The first kappa shape index (κ1) is 18.8. The van der Waals surface area contributed by atoms with Crippen LogP contribution in [0.25, 0.3) is 11.3 Å². The van der Waals surface area contributed by atoms with Gasteiger partial charge in [0.1, 0.15) is 17.0 Å². The number of ether oxygens (including phenoxy) is 1. The topological polar surface area (TPSA) is 27.1 Å². The third-order valence-electron chi connectivity index (χ3n) is 3.60. The van der Waals surface area contributed by atoms with Gasteiger partial charge >= 0.3 is 0 Å². The monoisotopic (exact) mass is 412 g/mol. The summed E-state index contributed by atoms with van der Waals surface area (Å²) < 4.78 is 8.99. The Morgan fingerprint density at radius 2 is 1.87 bits per heavy atom. The number of hydrogen-bond acceptors (Lipinski definition) is 3. The highest BCUT2D eigenvalue weighted by molar-refractivity contribution is 9.10. The largest absolute Gasteiger partial charge is 0.361 e. The summed E-state index contributed by atoms with van der Waals surface area (Å²) in [6, 6.07) is 9.64. The number of hydrogen-bond donors (Lipinski definition) is 0. The number of nitrogens with zero attached hydrogens (tertiary/aromatic N) is 2. The average molecular weight is 413 g/mol. The van der Waals surface area contributed by atoms with Crippen LogP contribution in [0.1, 0.15) is 5.56 Å². The minimum absolute atomic E-state index is 0.542. The fraction of sp³-hybridized carbons (Fsp3) is 0.471. The van der Waals surface area contributed by atoms with Crippen LogP contribution in [0.5, 0.6) is 0 Å². The van der Waals surface area contributed by atoms with E-state index >= 15 is 0 Å². The zero-order valence-electron chi connectivity index (χ0n) is 14.5. The zero-order chi connectivity index (χ0) is 17.0. The highest BCUT2D eigenvalue weighted by Gasteiger charge is 2.17. The molecule has 0 saturated carbocycles. The Labute approximate surface area is 153 Å². The lowest BCUT2D eigenvalue weighted by molar-refractivity contribution is 0.0799. The Hall–Kier alpha value is -0.563. The zero-order valence-corrected chi connectivity index (χ0v) is 17.9. The van der Waals surface area contributed by atoms with Crippen molar-refractivity contribution in [2.45, 2.75) is 44.5 Å². The molecule has 1 heterocycles. The summed E-state index contributed by atoms with van der Waals surface area (Å²) in [6.45, 7) is 10.6. The van der Waals surface area contributed by atoms with E-state index in [1.165, 1.54) is 11.6 Å². The average Bonchev–Trinajstić information content (AvgIpc) is 2.80. The van der Waals surface area contributed by atoms with E-state index in [2.05, 4.69) is 71.3 Å². The highest BCUT2D eigenvalue weighted by Crippen LogP contribution is 2.32. The van der Waals surface area contributed by atoms with E-state index in [9.17, 15) is 0 Å². The quantitative estimate of drug-likeness (QED) is 0.333. The van der Waals surface area contributed by atoms with Crippen LogP contribution in [-0.4, -0.2) is 30.5 Å². The number of aromatic nitrogens is 2. The minimum atomic E-state index is -1.05. The highest BCUT2D eigenvalue weighted by atomic mass is 79.9. The summed E-state index contributed by atoms with van der Waals surface area (Å²) in [5.74, 6) is 0. The van der Waals surface area contributed by atoms with Gasteiger partial charge in [0.25, 0.3) is 0 Å². The Bertz CT molecular complexity index is 650. The van der Waals surface area contributed by atoms with Crippen molar-refractivity contribution in [3.05, 3.63) is 34.4 Å². The molecule has 0 aliphatic carbocycles. The van der Waals surface area contributed by atoms with E-state index in [1.807, 2.05) is 6.26 Å². The van der Waals surface area contributed by atoms with Crippen LogP contribution in [0.4, 0.5) is 0 Å². The molecule has 0 bridgehead atoms. The number of imidazole rings is 1. The maximum atomic E-state index is 5.90. The summed E-state index contributed by atoms with van der Waals surface area (Å²) in [5.41, 5.74) is 3.35. The molecule has 0 unspecified atom stereocenters. The Morgan fingerprint density at radius 1 is 1.22 bits per heavy atom. The molecule has 6 heteroatoms. The molecule has 0 saturated heterocycles. The second-order valence-electron chi connectivity index (χ2n) is 6.88. The number of benzene rings is 1. The molecule has 0 radical (unpaired) electrons. The van der Waals surface area contributed by atoms with Crippen molar-refractivity contribution in [2.75, 3.05) is 12.9 Å². The molecule has 0 N–H and O–H groups in total. The van der Waals surface area contributed by atoms with Gasteiger partial charge < -0.3 is 4.74 Å². The van der Waals surface area contributed by atoms with Crippen LogP contribution in [0.3, 0.4) is 0 Å². The predicted octanol–water partition coefficient (Wildman–Crippen LogP) is 5.66. The van der Waals surface area contributed by atoms with Crippen molar-refractivity contribution in [2.24, 2.45) is 0 Å². The number of rotatable bonds is 7. The minimum Gasteiger partial charge on any atom is -0.361 e. The number of thioether (sulfide) groups is 1. The van der Waals surface area contributed by atoms with Crippen molar-refractivity contribution < 1.29 is 4.74 Å². The second kappa shape index (κ2) is 8.01. The third kappa shape index (κ3) is 5.21. The lowest BCUT2D eigenvalue weighted by atomic mass is 10.1. The second-order valence-corrected chi connectivity index (χ2v) is 14.0. The van der Waals surface area contributed by atoms with Gasteiger partial charge in [-0.05, 0) is 35.2 Å². The summed E-state index contributed by atoms with van der Waals surface area (Å²) in [5, 5.41) is 0.973. The van der Waals surface area contributed by atoms with Gasteiger partial charge in [-0.15, -0.1) is 0 Å². The van der Waals surface area contributed by atoms with Crippen molar-refractivity contribution in [3.63, 3.8) is 0 Å². The van der Waals surface area contributed by atoms with E-state index in [4.69, 9.17) is 9.72 Å². The molecular formula is C17H25BrN2OSSi. The van der Waals surface area contributed by atoms with Gasteiger partial charge in [-0.1, -0.05) is 61.2 Å². The molecule has 126 valence electrons. The van der Waals surface area contributed by atoms with Crippen LogP contribution in [0.15, 0.2) is 34.0 Å². The van der Waals surface area contributed by atoms with Gasteiger partial charge in [-0.2, -0.15) is 0 Å². The van der Waals surface area contributed by atoms with Crippen LogP contribution >= 0.6 is 27.7 Å². The molecule has 0 spiro atoms. The van der Waals surface area contributed by atoms with Crippen molar-refractivity contribution in [3.8, 4) is 11.3 Å². The summed E-state index contributed by atoms with van der Waals surface area (Å²) in [6.07, 6.45) is 2.05. The molecule has 3 nitrogen and oxygen atoms in total. The molecule has 1 aromatic carbocycles. The van der Waals surface area contributed by atoms with Gasteiger partial charge in [0.2, 0.25) is 0 Å². The number of halogens is 1. The fourth-order valence-corrected chi connectivity index (χ4v) is 4.12.